The molecule has 0 unspecified atom stereocenters. The first kappa shape index (κ1) is 9.61. The van der Waals surface area contributed by atoms with Crippen LogP contribution < -0.4 is 0 Å². The quantitative estimate of drug-likeness (QED) is 0.616. The van der Waals surface area contributed by atoms with E-state index in [2.05, 4.69) is 42.5 Å². The van der Waals surface area contributed by atoms with Crippen molar-refractivity contribution in [3.63, 3.8) is 0 Å². The predicted molar refractivity (Wildman–Crippen MR) is 63.2 cm³/mol. The fourth-order valence-corrected chi connectivity index (χ4v) is 1.84. The molecule has 1 aromatic carbocycles. The summed E-state index contributed by atoms with van der Waals surface area (Å²) in [4.78, 5) is 0. The largest absolute Gasteiger partial charge is 0.317 e. The first-order valence-electron chi connectivity index (χ1n) is 4.95. The number of benzene rings is 1. The second-order valence-corrected chi connectivity index (χ2v) is 3.61. The average Bonchev–Trinajstić information content (AvgIpc) is 2.59. The van der Waals surface area contributed by atoms with Crippen LogP contribution in [-0.4, -0.2) is 4.57 Å². The molecule has 0 saturated heterocycles. The van der Waals surface area contributed by atoms with E-state index in [1.807, 2.05) is 18.2 Å². The first-order valence-corrected chi connectivity index (χ1v) is 4.95. The van der Waals surface area contributed by atoms with E-state index in [9.17, 15) is 0 Å². The lowest BCUT2D eigenvalue weighted by Gasteiger charge is -2.11. The third-order valence-electron chi connectivity index (χ3n) is 2.57. The van der Waals surface area contributed by atoms with Crippen molar-refractivity contribution in [3.05, 3.63) is 53.3 Å². The van der Waals surface area contributed by atoms with Crippen molar-refractivity contribution in [3.8, 4) is 18.0 Å². The molecule has 1 nitrogen and oxygen atoms in total. The van der Waals surface area contributed by atoms with Gasteiger partial charge in [0.2, 0.25) is 0 Å². The molecular formula is C14H13N. The molecule has 0 saturated carbocycles. The molecule has 0 aliphatic heterocycles. The number of aromatic nitrogens is 1. The van der Waals surface area contributed by atoms with Crippen LogP contribution in [0.5, 0.6) is 0 Å². The van der Waals surface area contributed by atoms with Gasteiger partial charge in [-0.3, -0.25) is 0 Å². The summed E-state index contributed by atoms with van der Waals surface area (Å²) in [5.74, 6) is 2.72. The minimum atomic E-state index is 0.930. The van der Waals surface area contributed by atoms with Gasteiger partial charge in [0.15, 0.2) is 0 Å². The van der Waals surface area contributed by atoms with Gasteiger partial charge in [-0.2, -0.15) is 0 Å². The molecule has 15 heavy (non-hydrogen) atoms. The maximum absolute atomic E-state index is 5.49. The summed E-state index contributed by atoms with van der Waals surface area (Å²) < 4.78 is 2.18. The highest BCUT2D eigenvalue weighted by Crippen LogP contribution is 2.19. The number of aryl methyl sites for hydroxylation is 2. The average molecular weight is 195 g/mol. The molecule has 0 spiro atoms. The Bertz CT molecular complexity index is 507. The van der Waals surface area contributed by atoms with Crippen LogP contribution in [0.1, 0.15) is 17.0 Å². The van der Waals surface area contributed by atoms with Gasteiger partial charge in [0.25, 0.3) is 0 Å². The van der Waals surface area contributed by atoms with Gasteiger partial charge in [0.1, 0.15) is 0 Å². The molecule has 0 fully saturated rings. The number of hydrogen-bond donors (Lipinski definition) is 0. The van der Waals surface area contributed by atoms with Gasteiger partial charge < -0.3 is 4.57 Å². The lowest BCUT2D eigenvalue weighted by Crippen LogP contribution is -2.00. The fourth-order valence-electron chi connectivity index (χ4n) is 1.84. The van der Waals surface area contributed by atoms with Gasteiger partial charge in [-0.1, -0.05) is 18.1 Å². The number of terminal acetylenes is 1. The van der Waals surface area contributed by atoms with Crippen LogP contribution in [0.3, 0.4) is 0 Å². The Morgan fingerprint density at radius 1 is 1.00 bits per heavy atom. The summed E-state index contributed by atoms with van der Waals surface area (Å²) in [5.41, 5.74) is 4.42. The molecule has 0 N–H and O–H groups in total. The maximum atomic E-state index is 5.49. The van der Waals surface area contributed by atoms with E-state index in [4.69, 9.17) is 6.42 Å². The molecule has 0 aliphatic carbocycles. The monoisotopic (exact) mass is 195 g/mol. The van der Waals surface area contributed by atoms with Crippen LogP contribution in [0.4, 0.5) is 0 Å². The van der Waals surface area contributed by atoms with Gasteiger partial charge in [-0.05, 0) is 38.1 Å². The van der Waals surface area contributed by atoms with Crippen molar-refractivity contribution in [2.45, 2.75) is 13.8 Å². The van der Waals surface area contributed by atoms with E-state index < -0.39 is 0 Å². The highest BCUT2D eigenvalue weighted by Gasteiger charge is 2.06. The van der Waals surface area contributed by atoms with E-state index in [0.717, 1.165) is 11.3 Å². The molecule has 2 aromatic rings. The van der Waals surface area contributed by atoms with Gasteiger partial charge in [0.05, 0.1) is 5.69 Å². The molecule has 0 atom stereocenters. The van der Waals surface area contributed by atoms with E-state index >= 15 is 0 Å². The van der Waals surface area contributed by atoms with Crippen molar-refractivity contribution in [2.75, 3.05) is 0 Å². The Morgan fingerprint density at radius 2 is 1.60 bits per heavy atom. The summed E-state index contributed by atoms with van der Waals surface area (Å²) in [6, 6.07) is 12.2. The molecule has 0 aliphatic rings. The molecule has 2 rings (SSSR count). The molecule has 0 amide bonds. The highest BCUT2D eigenvalue weighted by molar-refractivity contribution is 5.52. The molecule has 74 valence electrons. The third kappa shape index (κ3) is 1.55. The van der Waals surface area contributed by atoms with Crippen LogP contribution in [-0.2, 0) is 0 Å². The minimum absolute atomic E-state index is 0.930. The van der Waals surface area contributed by atoms with E-state index in [-0.39, 0.29) is 0 Å². The summed E-state index contributed by atoms with van der Waals surface area (Å²) in [6.45, 7) is 4.17. The molecule has 1 aromatic heterocycles. The van der Waals surface area contributed by atoms with Crippen molar-refractivity contribution in [1.29, 1.82) is 0 Å². The molecule has 0 bridgehead atoms. The van der Waals surface area contributed by atoms with E-state index in [1.54, 1.807) is 0 Å². The van der Waals surface area contributed by atoms with Crippen molar-refractivity contribution >= 4 is 0 Å². The normalized spacial score (nSPS) is 9.93. The van der Waals surface area contributed by atoms with E-state index in [0.29, 0.717) is 0 Å². The molecule has 1 heteroatoms. The van der Waals surface area contributed by atoms with Gasteiger partial charge in [-0.15, -0.1) is 6.42 Å². The second-order valence-electron chi connectivity index (χ2n) is 3.61. The lowest BCUT2D eigenvalue weighted by molar-refractivity contribution is 0.962. The first-order chi connectivity index (χ1) is 7.24. The Hall–Kier alpha value is -1.94. The van der Waals surface area contributed by atoms with Crippen molar-refractivity contribution in [1.82, 2.24) is 4.57 Å². The zero-order chi connectivity index (χ0) is 10.8. The van der Waals surface area contributed by atoms with Gasteiger partial charge in [0, 0.05) is 17.0 Å². The number of para-hydroxylation sites is 1. The molecule has 1 heterocycles. The third-order valence-corrected chi connectivity index (χ3v) is 2.57. The second kappa shape index (κ2) is 3.67. The molecule has 0 radical (unpaired) electrons. The molecular weight excluding hydrogens is 182 g/mol. The smallest absolute Gasteiger partial charge is 0.0611 e. The summed E-state index contributed by atoms with van der Waals surface area (Å²) in [7, 11) is 0. The standard InChI is InChI=1S/C14H13N/c1-4-13-7-5-6-8-14(13)15-11(2)9-10-12(15)3/h1,5-10H,2-3H3. The van der Waals surface area contributed by atoms with Gasteiger partial charge in [-0.25, -0.2) is 0 Å². The van der Waals surface area contributed by atoms with Crippen LogP contribution in [0, 0.1) is 26.2 Å². The van der Waals surface area contributed by atoms with E-state index in [1.165, 1.54) is 11.4 Å². The lowest BCUT2D eigenvalue weighted by atomic mass is 10.2. The highest BCUT2D eigenvalue weighted by atomic mass is 15.0. The van der Waals surface area contributed by atoms with Crippen LogP contribution in [0.25, 0.3) is 5.69 Å². The van der Waals surface area contributed by atoms with Gasteiger partial charge >= 0.3 is 0 Å². The number of hydrogen-bond acceptors (Lipinski definition) is 0. The Morgan fingerprint density at radius 3 is 2.20 bits per heavy atom. The van der Waals surface area contributed by atoms with Crippen LogP contribution in [0.2, 0.25) is 0 Å². The predicted octanol–water partition coefficient (Wildman–Crippen LogP) is 3.08. The Balaban J connectivity index is 2.70. The van der Waals surface area contributed by atoms with Crippen LogP contribution >= 0.6 is 0 Å². The Labute approximate surface area is 90.4 Å². The topological polar surface area (TPSA) is 4.93 Å². The number of rotatable bonds is 1. The fraction of sp³-hybridized carbons (Fsp3) is 0.143. The maximum Gasteiger partial charge on any atom is 0.0611 e. The summed E-state index contributed by atoms with van der Waals surface area (Å²) >= 11 is 0. The zero-order valence-electron chi connectivity index (χ0n) is 8.99. The number of nitrogens with zero attached hydrogens (tertiary/aromatic N) is 1. The van der Waals surface area contributed by atoms with Crippen molar-refractivity contribution in [2.24, 2.45) is 0 Å². The minimum Gasteiger partial charge on any atom is -0.317 e. The summed E-state index contributed by atoms with van der Waals surface area (Å²) in [6.07, 6.45) is 5.49. The van der Waals surface area contributed by atoms with Crippen LogP contribution in [0.15, 0.2) is 36.4 Å². The van der Waals surface area contributed by atoms with Crippen molar-refractivity contribution < 1.29 is 0 Å². The SMILES string of the molecule is C#Cc1ccccc1-n1c(C)ccc1C. The summed E-state index contributed by atoms with van der Waals surface area (Å²) in [5, 5.41) is 0. The zero-order valence-corrected chi connectivity index (χ0v) is 8.99. The Kier molecular flexibility index (Phi) is 2.35.